The maximum atomic E-state index is 5.66. The van der Waals surface area contributed by atoms with Gasteiger partial charge in [-0.25, -0.2) is 4.98 Å². The van der Waals surface area contributed by atoms with Crippen LogP contribution in [0.4, 0.5) is 0 Å². The Labute approximate surface area is 116 Å². The summed E-state index contributed by atoms with van der Waals surface area (Å²) in [6.45, 7) is 7.69. The highest BCUT2D eigenvalue weighted by Crippen LogP contribution is 2.13. The first-order valence-corrected chi connectivity index (χ1v) is 7.06. The zero-order valence-electron chi connectivity index (χ0n) is 12.2. The largest absolute Gasteiger partial charge is 0.492 e. The van der Waals surface area contributed by atoms with E-state index in [1.807, 2.05) is 36.7 Å². The summed E-state index contributed by atoms with van der Waals surface area (Å²) in [5.41, 5.74) is 1.37. The van der Waals surface area contributed by atoms with Crippen LogP contribution in [0.1, 0.15) is 32.8 Å². The summed E-state index contributed by atoms with van der Waals surface area (Å²) < 4.78 is 7.67. The van der Waals surface area contributed by atoms with Crippen molar-refractivity contribution in [3.63, 3.8) is 0 Å². The van der Waals surface area contributed by atoms with E-state index in [0.29, 0.717) is 6.61 Å². The molecular weight excluding hydrogens is 236 g/mol. The molecule has 3 heteroatoms. The van der Waals surface area contributed by atoms with Crippen LogP contribution in [-0.4, -0.2) is 16.2 Å². The molecule has 0 N–H and O–H groups in total. The molecule has 0 spiro atoms. The number of nitrogens with zero attached hydrogens (tertiary/aromatic N) is 2. The topological polar surface area (TPSA) is 27.1 Å². The van der Waals surface area contributed by atoms with Crippen molar-refractivity contribution >= 4 is 0 Å². The molecule has 3 nitrogen and oxygen atoms in total. The lowest BCUT2D eigenvalue weighted by Crippen LogP contribution is -2.06. The molecule has 0 aliphatic carbocycles. The minimum Gasteiger partial charge on any atom is -0.492 e. The predicted molar refractivity (Wildman–Crippen MR) is 79.5 cm³/mol. The Kier molecular flexibility index (Phi) is 7.40. The minimum absolute atomic E-state index is 0.670. The average Bonchev–Trinajstić information content (AvgIpc) is 2.97. The molecule has 1 aromatic carbocycles. The molecule has 19 heavy (non-hydrogen) atoms. The quantitative estimate of drug-likeness (QED) is 0.786. The van der Waals surface area contributed by atoms with Crippen molar-refractivity contribution in [2.75, 3.05) is 6.61 Å². The van der Waals surface area contributed by atoms with E-state index in [9.17, 15) is 0 Å². The second-order valence-corrected chi connectivity index (χ2v) is 4.04. The van der Waals surface area contributed by atoms with Crippen LogP contribution in [0.15, 0.2) is 43.0 Å². The van der Waals surface area contributed by atoms with Crippen LogP contribution >= 0.6 is 0 Å². The third-order valence-corrected chi connectivity index (χ3v) is 2.64. The lowest BCUT2D eigenvalue weighted by Gasteiger charge is -2.07. The molecule has 1 heterocycles. The van der Waals surface area contributed by atoms with Crippen molar-refractivity contribution in [2.45, 2.75) is 40.2 Å². The first-order chi connectivity index (χ1) is 9.38. The fourth-order valence-corrected chi connectivity index (χ4v) is 1.73. The first-order valence-electron chi connectivity index (χ1n) is 7.06. The Hall–Kier alpha value is -1.77. The number of hydrogen-bond donors (Lipinski definition) is 0. The number of rotatable bonds is 6. The number of aryl methyl sites for hydroxylation is 1. The molecular formula is C16H24N2O. The van der Waals surface area contributed by atoms with Gasteiger partial charge in [0.25, 0.3) is 0 Å². The highest BCUT2D eigenvalue weighted by Gasteiger charge is 1.95. The molecule has 0 saturated carbocycles. The standard InChI is InChI=1S/C14H18N2O.C2H6/c1-2-3-13-4-6-14(7-5-13)17-11-10-16-9-8-15-12-16;1-2/h4-9,12H,2-3,10-11H2,1H3;1-2H3. The van der Waals surface area contributed by atoms with Gasteiger partial charge in [0.05, 0.1) is 12.9 Å². The van der Waals surface area contributed by atoms with Crippen LogP contribution in [0.2, 0.25) is 0 Å². The van der Waals surface area contributed by atoms with Gasteiger partial charge in [0.15, 0.2) is 0 Å². The van der Waals surface area contributed by atoms with Gasteiger partial charge >= 0.3 is 0 Å². The van der Waals surface area contributed by atoms with Gasteiger partial charge in [-0.1, -0.05) is 39.3 Å². The van der Waals surface area contributed by atoms with Gasteiger partial charge in [0.1, 0.15) is 12.4 Å². The van der Waals surface area contributed by atoms with E-state index in [2.05, 4.69) is 24.0 Å². The number of imidazole rings is 1. The summed E-state index contributed by atoms with van der Waals surface area (Å²) in [5, 5.41) is 0. The van der Waals surface area contributed by atoms with E-state index in [4.69, 9.17) is 4.74 Å². The molecule has 0 amide bonds. The summed E-state index contributed by atoms with van der Waals surface area (Å²) in [6, 6.07) is 8.35. The van der Waals surface area contributed by atoms with Gasteiger partial charge in [0.2, 0.25) is 0 Å². The van der Waals surface area contributed by atoms with E-state index < -0.39 is 0 Å². The molecule has 0 aliphatic rings. The number of ether oxygens (including phenoxy) is 1. The zero-order chi connectivity index (χ0) is 13.9. The molecule has 0 saturated heterocycles. The lowest BCUT2D eigenvalue weighted by molar-refractivity contribution is 0.298. The van der Waals surface area contributed by atoms with E-state index >= 15 is 0 Å². The number of benzene rings is 1. The van der Waals surface area contributed by atoms with Gasteiger partial charge in [0, 0.05) is 12.4 Å². The molecule has 0 atom stereocenters. The average molecular weight is 260 g/mol. The summed E-state index contributed by atoms with van der Waals surface area (Å²) in [7, 11) is 0. The van der Waals surface area contributed by atoms with Crippen LogP contribution in [-0.2, 0) is 13.0 Å². The SMILES string of the molecule is CC.CCCc1ccc(OCCn2ccnc2)cc1. The third kappa shape index (κ3) is 5.60. The smallest absolute Gasteiger partial charge is 0.119 e. The summed E-state index contributed by atoms with van der Waals surface area (Å²) in [6.07, 6.45) is 7.83. The summed E-state index contributed by atoms with van der Waals surface area (Å²) >= 11 is 0. The third-order valence-electron chi connectivity index (χ3n) is 2.64. The van der Waals surface area contributed by atoms with Crippen molar-refractivity contribution in [1.82, 2.24) is 9.55 Å². The van der Waals surface area contributed by atoms with Crippen LogP contribution in [0, 0.1) is 0 Å². The van der Waals surface area contributed by atoms with Gasteiger partial charge in [-0.3, -0.25) is 0 Å². The van der Waals surface area contributed by atoms with E-state index in [0.717, 1.165) is 18.7 Å². The van der Waals surface area contributed by atoms with Crippen LogP contribution in [0.3, 0.4) is 0 Å². The predicted octanol–water partition coefficient (Wildman–Crippen LogP) is 3.94. The van der Waals surface area contributed by atoms with Gasteiger partial charge < -0.3 is 9.30 Å². The Morgan fingerprint density at radius 2 is 1.89 bits per heavy atom. The fraction of sp³-hybridized carbons (Fsp3) is 0.438. The summed E-state index contributed by atoms with van der Waals surface area (Å²) in [4.78, 5) is 3.99. The minimum atomic E-state index is 0.670. The Balaban J connectivity index is 0.000000861. The monoisotopic (exact) mass is 260 g/mol. The van der Waals surface area contributed by atoms with E-state index in [-0.39, 0.29) is 0 Å². The molecule has 0 radical (unpaired) electrons. The molecule has 2 aromatic rings. The Morgan fingerprint density at radius 1 is 1.16 bits per heavy atom. The zero-order valence-corrected chi connectivity index (χ0v) is 12.2. The molecule has 104 valence electrons. The normalized spacial score (nSPS) is 9.63. The van der Waals surface area contributed by atoms with Crippen LogP contribution in [0.25, 0.3) is 0 Å². The van der Waals surface area contributed by atoms with E-state index in [1.165, 1.54) is 12.0 Å². The molecule has 0 bridgehead atoms. The van der Waals surface area contributed by atoms with Crippen molar-refractivity contribution in [3.05, 3.63) is 48.5 Å². The highest BCUT2D eigenvalue weighted by atomic mass is 16.5. The Bertz CT molecular complexity index is 421. The molecule has 2 rings (SSSR count). The second kappa shape index (κ2) is 9.20. The fourth-order valence-electron chi connectivity index (χ4n) is 1.73. The number of aromatic nitrogens is 2. The summed E-state index contributed by atoms with van der Waals surface area (Å²) in [5.74, 6) is 0.935. The number of hydrogen-bond acceptors (Lipinski definition) is 2. The molecule has 1 aromatic heterocycles. The highest BCUT2D eigenvalue weighted by molar-refractivity contribution is 5.27. The van der Waals surface area contributed by atoms with E-state index in [1.54, 1.807) is 12.5 Å². The van der Waals surface area contributed by atoms with Gasteiger partial charge in [-0.05, 0) is 24.1 Å². The maximum Gasteiger partial charge on any atom is 0.119 e. The lowest BCUT2D eigenvalue weighted by atomic mass is 10.1. The Morgan fingerprint density at radius 3 is 2.47 bits per heavy atom. The van der Waals surface area contributed by atoms with Crippen molar-refractivity contribution in [1.29, 1.82) is 0 Å². The van der Waals surface area contributed by atoms with Gasteiger partial charge in [-0.15, -0.1) is 0 Å². The second-order valence-electron chi connectivity index (χ2n) is 4.04. The first kappa shape index (κ1) is 15.3. The van der Waals surface area contributed by atoms with Crippen LogP contribution in [0.5, 0.6) is 5.75 Å². The van der Waals surface area contributed by atoms with Gasteiger partial charge in [-0.2, -0.15) is 0 Å². The molecule has 0 fully saturated rings. The maximum absolute atomic E-state index is 5.66. The molecule has 0 aliphatic heterocycles. The van der Waals surface area contributed by atoms with Crippen molar-refractivity contribution in [3.8, 4) is 5.75 Å². The van der Waals surface area contributed by atoms with Crippen molar-refractivity contribution < 1.29 is 4.74 Å². The van der Waals surface area contributed by atoms with Crippen LogP contribution < -0.4 is 4.74 Å². The molecule has 0 unspecified atom stereocenters. The van der Waals surface area contributed by atoms with Crippen molar-refractivity contribution in [2.24, 2.45) is 0 Å².